The zero-order valence-electron chi connectivity index (χ0n) is 19.5. The highest BCUT2D eigenvalue weighted by Crippen LogP contribution is 2.34. The van der Waals surface area contributed by atoms with E-state index in [-0.39, 0.29) is 5.91 Å². The molecule has 0 saturated carbocycles. The van der Waals surface area contributed by atoms with E-state index < -0.39 is 0 Å². The lowest BCUT2D eigenvalue weighted by Crippen LogP contribution is -2.29. The van der Waals surface area contributed by atoms with E-state index in [0.717, 1.165) is 52.0 Å². The normalized spacial score (nSPS) is 14.0. The molecular weight excluding hydrogens is 440 g/mol. The maximum atomic E-state index is 11.8. The van der Waals surface area contributed by atoms with Gasteiger partial charge in [0.05, 0.1) is 23.3 Å². The molecule has 0 radical (unpaired) electrons. The van der Waals surface area contributed by atoms with Gasteiger partial charge in [-0.3, -0.25) is 14.9 Å². The number of aromatic amines is 2. The first-order valence-electron chi connectivity index (χ1n) is 12.0. The average Bonchev–Trinajstić information content (AvgIpc) is 3.53. The van der Waals surface area contributed by atoms with Crippen molar-refractivity contribution in [2.45, 2.75) is 32.6 Å². The van der Waals surface area contributed by atoms with Gasteiger partial charge in [-0.25, -0.2) is 9.97 Å². The summed E-state index contributed by atoms with van der Waals surface area (Å²) >= 11 is 0. The number of amides is 1. The van der Waals surface area contributed by atoms with E-state index in [0.29, 0.717) is 17.8 Å². The maximum absolute atomic E-state index is 11.8. The van der Waals surface area contributed by atoms with E-state index in [1.165, 1.54) is 24.9 Å². The molecule has 35 heavy (non-hydrogen) atoms. The number of nitrogens with zero attached hydrogens (tertiary/aromatic N) is 5. The Bertz CT molecular complexity index is 1530. The van der Waals surface area contributed by atoms with Gasteiger partial charge in [0.15, 0.2) is 5.65 Å². The van der Waals surface area contributed by atoms with Gasteiger partial charge >= 0.3 is 0 Å². The average molecular weight is 467 g/mol. The molecule has 0 aliphatic carbocycles. The quantitative estimate of drug-likeness (QED) is 0.339. The predicted molar refractivity (Wildman–Crippen MR) is 137 cm³/mol. The molecule has 0 unspecified atom stereocenters. The van der Waals surface area contributed by atoms with Crippen LogP contribution < -0.4 is 10.2 Å². The van der Waals surface area contributed by atoms with Crippen LogP contribution in [0.15, 0.2) is 49.1 Å². The summed E-state index contributed by atoms with van der Waals surface area (Å²) in [6, 6.07) is 8.21. The smallest absolute Gasteiger partial charge is 0.224 e. The minimum Gasteiger partial charge on any atom is -0.371 e. The molecule has 0 spiro atoms. The maximum Gasteiger partial charge on any atom is 0.224 e. The SMILES string of the molecule is CCC(=O)Nc1cncc(-c2cnc3n[nH]c(-c4cc5c(N6CCCCC6)ccnc5[nH]4)c3c2)c1. The fraction of sp³-hybridized carbons (Fsp3) is 0.269. The Morgan fingerprint density at radius 1 is 1.03 bits per heavy atom. The van der Waals surface area contributed by atoms with Crippen LogP contribution in [0.4, 0.5) is 11.4 Å². The first kappa shape index (κ1) is 21.3. The summed E-state index contributed by atoms with van der Waals surface area (Å²) in [5, 5.41) is 12.4. The van der Waals surface area contributed by atoms with E-state index in [1.807, 2.05) is 25.3 Å². The molecule has 0 bridgehead atoms. The molecule has 0 aromatic carbocycles. The van der Waals surface area contributed by atoms with Crippen LogP contribution in [0.5, 0.6) is 0 Å². The molecule has 5 aromatic rings. The van der Waals surface area contributed by atoms with Gasteiger partial charge in [-0.1, -0.05) is 6.92 Å². The third-order valence-corrected chi connectivity index (χ3v) is 6.56. The van der Waals surface area contributed by atoms with Gasteiger partial charge in [0, 0.05) is 65.7 Å². The standard InChI is InChI=1S/C26H26N8O/c1-2-23(35)30-18-10-16(13-27-15-18)17-11-20-24(32-33-26(20)29-14-17)21-12-19-22(6-7-28-25(19)31-21)34-8-4-3-5-9-34/h6-7,10-15H,2-5,8-9H2,1H3,(H,28,31)(H,30,35)(H,29,32,33). The van der Waals surface area contributed by atoms with Crippen molar-refractivity contribution in [3.8, 4) is 22.5 Å². The topological polar surface area (TPSA) is 115 Å². The number of fused-ring (bicyclic) bond motifs is 2. The van der Waals surface area contributed by atoms with E-state index in [9.17, 15) is 4.79 Å². The molecular formula is C26H26N8O. The molecule has 3 N–H and O–H groups in total. The predicted octanol–water partition coefficient (Wildman–Crippen LogP) is 4.90. The van der Waals surface area contributed by atoms with E-state index in [1.54, 1.807) is 18.6 Å². The highest BCUT2D eigenvalue weighted by Gasteiger charge is 2.18. The third kappa shape index (κ3) is 3.99. The number of anilines is 2. The Morgan fingerprint density at radius 2 is 1.89 bits per heavy atom. The molecule has 0 atom stereocenters. The van der Waals surface area contributed by atoms with Gasteiger partial charge in [0.2, 0.25) is 5.91 Å². The molecule has 1 fully saturated rings. The molecule has 1 saturated heterocycles. The molecule has 1 aliphatic heterocycles. The molecule has 9 heteroatoms. The Hall–Kier alpha value is -4.27. The minimum absolute atomic E-state index is 0.0500. The Kier molecular flexibility index (Phi) is 5.36. The van der Waals surface area contributed by atoms with Gasteiger partial charge in [0.25, 0.3) is 0 Å². The second-order valence-electron chi connectivity index (χ2n) is 8.88. The molecule has 6 heterocycles. The number of hydrogen-bond acceptors (Lipinski definition) is 6. The molecule has 9 nitrogen and oxygen atoms in total. The third-order valence-electron chi connectivity index (χ3n) is 6.56. The van der Waals surface area contributed by atoms with Gasteiger partial charge in [-0.2, -0.15) is 5.10 Å². The number of piperidine rings is 1. The van der Waals surface area contributed by atoms with Crippen LogP contribution in [0.1, 0.15) is 32.6 Å². The minimum atomic E-state index is -0.0500. The van der Waals surface area contributed by atoms with Crippen LogP contribution in [-0.4, -0.2) is 49.1 Å². The van der Waals surface area contributed by atoms with Crippen molar-refractivity contribution in [3.05, 3.63) is 49.1 Å². The number of carbonyl (C=O) groups is 1. The molecule has 176 valence electrons. The summed E-state index contributed by atoms with van der Waals surface area (Å²) in [6.45, 7) is 3.97. The van der Waals surface area contributed by atoms with Gasteiger partial charge in [-0.05, 0) is 43.5 Å². The summed E-state index contributed by atoms with van der Waals surface area (Å²) in [6.07, 6.45) is 11.2. The van der Waals surface area contributed by atoms with Crippen molar-refractivity contribution >= 4 is 39.3 Å². The van der Waals surface area contributed by atoms with E-state index in [2.05, 4.69) is 52.5 Å². The van der Waals surface area contributed by atoms with Crippen molar-refractivity contribution in [1.29, 1.82) is 0 Å². The first-order valence-corrected chi connectivity index (χ1v) is 12.0. The van der Waals surface area contributed by atoms with E-state index in [4.69, 9.17) is 0 Å². The van der Waals surface area contributed by atoms with Crippen LogP contribution in [0.3, 0.4) is 0 Å². The van der Waals surface area contributed by atoms with Gasteiger partial charge in [-0.15, -0.1) is 0 Å². The second-order valence-corrected chi connectivity index (χ2v) is 8.88. The highest BCUT2D eigenvalue weighted by molar-refractivity contribution is 5.99. The van der Waals surface area contributed by atoms with Crippen LogP contribution in [-0.2, 0) is 4.79 Å². The summed E-state index contributed by atoms with van der Waals surface area (Å²) < 4.78 is 0. The monoisotopic (exact) mass is 466 g/mol. The van der Waals surface area contributed by atoms with E-state index >= 15 is 0 Å². The number of pyridine rings is 3. The fourth-order valence-corrected chi connectivity index (χ4v) is 4.74. The van der Waals surface area contributed by atoms with Crippen LogP contribution in [0.2, 0.25) is 0 Å². The molecule has 1 aliphatic rings. The summed E-state index contributed by atoms with van der Waals surface area (Å²) in [5.41, 5.74) is 6.91. The van der Waals surface area contributed by atoms with Crippen LogP contribution >= 0.6 is 0 Å². The Morgan fingerprint density at radius 3 is 2.74 bits per heavy atom. The second kappa shape index (κ2) is 8.83. The zero-order chi connectivity index (χ0) is 23.8. The van der Waals surface area contributed by atoms with Crippen molar-refractivity contribution in [2.24, 2.45) is 0 Å². The van der Waals surface area contributed by atoms with Crippen molar-refractivity contribution in [2.75, 3.05) is 23.3 Å². The van der Waals surface area contributed by atoms with Crippen LogP contribution in [0.25, 0.3) is 44.6 Å². The Balaban J connectivity index is 1.39. The summed E-state index contributed by atoms with van der Waals surface area (Å²) in [4.78, 5) is 31.1. The Labute approximate surface area is 202 Å². The number of H-pyrrole nitrogens is 2. The zero-order valence-corrected chi connectivity index (χ0v) is 19.5. The van der Waals surface area contributed by atoms with Crippen LogP contribution in [0, 0.1) is 0 Å². The largest absolute Gasteiger partial charge is 0.371 e. The highest BCUT2D eigenvalue weighted by atomic mass is 16.1. The molecule has 6 rings (SSSR count). The van der Waals surface area contributed by atoms with Gasteiger partial charge in [0.1, 0.15) is 5.65 Å². The number of carbonyl (C=O) groups excluding carboxylic acids is 1. The lowest BCUT2D eigenvalue weighted by atomic mass is 10.1. The number of hydrogen-bond donors (Lipinski definition) is 3. The number of aromatic nitrogens is 6. The molecule has 1 amide bonds. The van der Waals surface area contributed by atoms with Gasteiger partial charge < -0.3 is 15.2 Å². The molecule has 5 aromatic heterocycles. The summed E-state index contributed by atoms with van der Waals surface area (Å²) in [5.74, 6) is -0.0500. The first-order chi connectivity index (χ1) is 17.2. The number of rotatable bonds is 5. The lowest BCUT2D eigenvalue weighted by molar-refractivity contribution is -0.115. The van der Waals surface area contributed by atoms with Crippen molar-refractivity contribution in [1.82, 2.24) is 30.1 Å². The fourth-order valence-electron chi connectivity index (χ4n) is 4.74. The van der Waals surface area contributed by atoms with Crippen molar-refractivity contribution in [3.63, 3.8) is 0 Å². The lowest BCUT2D eigenvalue weighted by Gasteiger charge is -2.29. The summed E-state index contributed by atoms with van der Waals surface area (Å²) in [7, 11) is 0. The van der Waals surface area contributed by atoms with Crippen molar-refractivity contribution < 1.29 is 4.79 Å². The number of nitrogens with one attached hydrogen (secondary N) is 3.